The Morgan fingerprint density at radius 2 is 2.05 bits per heavy atom. The van der Waals surface area contributed by atoms with Crippen LogP contribution in [0.2, 0.25) is 0 Å². The van der Waals surface area contributed by atoms with Gasteiger partial charge in [0.05, 0.1) is 6.42 Å². The number of carboxylic acids is 1. The van der Waals surface area contributed by atoms with E-state index in [9.17, 15) is 14.4 Å². The summed E-state index contributed by atoms with van der Waals surface area (Å²) in [5.74, 6) is -2.14. The number of urea groups is 1. The molecule has 1 aromatic rings. The Bertz CT molecular complexity index is 548. The van der Waals surface area contributed by atoms with Gasteiger partial charge in [-0.05, 0) is 24.6 Å². The van der Waals surface area contributed by atoms with Crippen LogP contribution in [0.5, 0.6) is 0 Å². The largest absolute Gasteiger partial charge is 0.480 e. The number of hydrogen-bond acceptors (Lipinski definition) is 3. The van der Waals surface area contributed by atoms with Gasteiger partial charge >= 0.3 is 12.0 Å². The molecular formula is C12H14BrN3O4. The number of nitrogens with one attached hydrogen (secondary N) is 2. The highest BCUT2D eigenvalue weighted by Gasteiger charge is 2.22. The molecule has 0 saturated carbocycles. The normalized spacial score (nSPS) is 11.5. The Kier molecular flexibility index (Phi) is 5.51. The van der Waals surface area contributed by atoms with Crippen molar-refractivity contribution in [1.82, 2.24) is 5.32 Å². The Morgan fingerprint density at radius 3 is 2.60 bits per heavy atom. The van der Waals surface area contributed by atoms with Gasteiger partial charge in [-0.15, -0.1) is 0 Å². The van der Waals surface area contributed by atoms with Crippen molar-refractivity contribution in [2.24, 2.45) is 5.73 Å². The fraction of sp³-hybridized carbons (Fsp3) is 0.250. The lowest BCUT2D eigenvalue weighted by atomic mass is 10.2. The lowest BCUT2D eigenvalue weighted by Crippen LogP contribution is -2.45. The lowest BCUT2D eigenvalue weighted by molar-refractivity contribution is -0.140. The predicted octanol–water partition coefficient (Wildman–Crippen LogP) is 1.21. The monoisotopic (exact) mass is 343 g/mol. The van der Waals surface area contributed by atoms with Crippen LogP contribution in [0.25, 0.3) is 0 Å². The molecule has 1 atom stereocenters. The highest BCUT2D eigenvalue weighted by molar-refractivity contribution is 9.10. The summed E-state index contributed by atoms with van der Waals surface area (Å²) in [6.45, 7) is 1.79. The molecule has 1 rings (SSSR count). The lowest BCUT2D eigenvalue weighted by Gasteiger charge is -2.14. The number of aryl methyl sites for hydroxylation is 1. The van der Waals surface area contributed by atoms with Crippen LogP contribution in [0.1, 0.15) is 12.0 Å². The molecule has 0 aliphatic heterocycles. The summed E-state index contributed by atoms with van der Waals surface area (Å²) in [5, 5.41) is 13.6. The zero-order valence-electron chi connectivity index (χ0n) is 10.6. The number of halogens is 1. The van der Waals surface area contributed by atoms with E-state index in [0.717, 1.165) is 10.0 Å². The third kappa shape index (κ3) is 4.88. The number of hydrogen-bond donors (Lipinski definition) is 4. The predicted molar refractivity (Wildman–Crippen MR) is 76.3 cm³/mol. The van der Waals surface area contributed by atoms with Crippen LogP contribution in [0, 0.1) is 6.92 Å². The zero-order chi connectivity index (χ0) is 15.3. The molecule has 8 heteroatoms. The van der Waals surface area contributed by atoms with E-state index in [1.54, 1.807) is 19.1 Å². The van der Waals surface area contributed by atoms with E-state index in [4.69, 9.17) is 10.8 Å². The summed E-state index contributed by atoms with van der Waals surface area (Å²) < 4.78 is 0.769. The minimum atomic E-state index is -1.36. The first kappa shape index (κ1) is 16.0. The van der Waals surface area contributed by atoms with Gasteiger partial charge in [0.15, 0.2) is 0 Å². The molecule has 0 fully saturated rings. The van der Waals surface area contributed by atoms with Crippen molar-refractivity contribution in [3.05, 3.63) is 28.2 Å². The number of rotatable bonds is 5. The maximum atomic E-state index is 11.7. The van der Waals surface area contributed by atoms with E-state index in [1.807, 2.05) is 6.07 Å². The van der Waals surface area contributed by atoms with Gasteiger partial charge in [-0.1, -0.05) is 22.0 Å². The molecular weight excluding hydrogens is 330 g/mol. The molecule has 0 aromatic heterocycles. The minimum absolute atomic E-state index is 0.472. The van der Waals surface area contributed by atoms with Crippen molar-refractivity contribution >= 4 is 39.5 Å². The van der Waals surface area contributed by atoms with E-state index in [-0.39, 0.29) is 0 Å². The van der Waals surface area contributed by atoms with E-state index in [0.29, 0.717) is 5.69 Å². The standard InChI is InChI=1S/C12H14BrN3O4/c1-6-2-3-7(13)4-8(6)15-12(20)16-9(11(18)19)5-10(14)17/h2-4,9H,5H2,1H3,(H2,14,17)(H,18,19)(H2,15,16,20). The Labute approximate surface area is 123 Å². The second-order valence-electron chi connectivity index (χ2n) is 4.12. The van der Waals surface area contributed by atoms with Crippen LogP contribution < -0.4 is 16.4 Å². The first-order valence-corrected chi connectivity index (χ1v) is 6.43. The first-order chi connectivity index (χ1) is 9.29. The molecule has 1 aromatic carbocycles. The molecule has 0 aliphatic rings. The van der Waals surface area contributed by atoms with Crippen LogP contribution in [0.3, 0.4) is 0 Å². The molecule has 0 saturated heterocycles. The molecule has 0 spiro atoms. The summed E-state index contributed by atoms with van der Waals surface area (Å²) in [7, 11) is 0. The third-order valence-electron chi connectivity index (χ3n) is 2.46. The number of carbonyl (C=O) groups is 3. The van der Waals surface area contributed by atoms with E-state index in [1.165, 1.54) is 0 Å². The number of carboxylic acid groups (broad SMARTS) is 1. The number of anilines is 1. The maximum absolute atomic E-state index is 11.7. The van der Waals surface area contributed by atoms with Crippen molar-refractivity contribution in [2.75, 3.05) is 5.32 Å². The number of aliphatic carboxylic acids is 1. The number of nitrogens with two attached hydrogens (primary N) is 1. The van der Waals surface area contributed by atoms with Crippen molar-refractivity contribution in [3.63, 3.8) is 0 Å². The SMILES string of the molecule is Cc1ccc(Br)cc1NC(=O)NC(CC(N)=O)C(=O)O. The summed E-state index contributed by atoms with van der Waals surface area (Å²) in [4.78, 5) is 33.3. The van der Waals surface area contributed by atoms with Gasteiger partial charge in [-0.25, -0.2) is 9.59 Å². The van der Waals surface area contributed by atoms with Crippen molar-refractivity contribution in [1.29, 1.82) is 0 Å². The molecule has 1 unspecified atom stereocenters. The number of carbonyl (C=O) groups excluding carboxylic acids is 2. The number of benzene rings is 1. The van der Waals surface area contributed by atoms with Crippen LogP contribution in [0.4, 0.5) is 10.5 Å². The quantitative estimate of drug-likeness (QED) is 0.641. The Morgan fingerprint density at radius 1 is 1.40 bits per heavy atom. The van der Waals surface area contributed by atoms with Crippen molar-refractivity contribution in [3.8, 4) is 0 Å². The molecule has 0 bridgehead atoms. The molecule has 20 heavy (non-hydrogen) atoms. The van der Waals surface area contributed by atoms with Crippen molar-refractivity contribution < 1.29 is 19.5 Å². The van der Waals surface area contributed by atoms with Gasteiger partial charge in [-0.3, -0.25) is 4.79 Å². The van der Waals surface area contributed by atoms with Gasteiger partial charge in [0.2, 0.25) is 5.91 Å². The maximum Gasteiger partial charge on any atom is 0.326 e. The second-order valence-corrected chi connectivity index (χ2v) is 5.03. The highest BCUT2D eigenvalue weighted by Crippen LogP contribution is 2.20. The van der Waals surface area contributed by atoms with Gasteiger partial charge in [0.1, 0.15) is 6.04 Å². The molecule has 3 amide bonds. The van der Waals surface area contributed by atoms with Crippen LogP contribution in [-0.2, 0) is 9.59 Å². The molecule has 5 N–H and O–H groups in total. The molecule has 108 valence electrons. The minimum Gasteiger partial charge on any atom is -0.480 e. The zero-order valence-corrected chi connectivity index (χ0v) is 12.2. The average molecular weight is 344 g/mol. The van der Waals surface area contributed by atoms with Gasteiger partial charge < -0.3 is 21.5 Å². The second kappa shape index (κ2) is 6.90. The van der Waals surface area contributed by atoms with E-state index >= 15 is 0 Å². The van der Waals surface area contributed by atoms with Crippen LogP contribution >= 0.6 is 15.9 Å². The summed E-state index contributed by atoms with van der Waals surface area (Å²) in [6.07, 6.45) is -0.472. The average Bonchev–Trinajstić information content (AvgIpc) is 2.32. The number of primary amides is 1. The third-order valence-corrected chi connectivity index (χ3v) is 2.95. The Balaban J connectivity index is 2.72. The van der Waals surface area contributed by atoms with E-state index in [2.05, 4.69) is 26.6 Å². The fourth-order valence-corrected chi connectivity index (χ4v) is 1.81. The summed E-state index contributed by atoms with van der Waals surface area (Å²) in [5.41, 5.74) is 6.26. The number of amides is 3. The smallest absolute Gasteiger partial charge is 0.326 e. The molecule has 0 radical (unpaired) electrons. The Hall–Kier alpha value is -2.09. The summed E-state index contributed by atoms with van der Waals surface area (Å²) >= 11 is 3.27. The van der Waals surface area contributed by atoms with Crippen molar-refractivity contribution in [2.45, 2.75) is 19.4 Å². The topological polar surface area (TPSA) is 122 Å². The van der Waals surface area contributed by atoms with Gasteiger partial charge in [0.25, 0.3) is 0 Å². The molecule has 0 aliphatic carbocycles. The van der Waals surface area contributed by atoms with Crippen LogP contribution in [-0.4, -0.2) is 29.1 Å². The molecule has 7 nitrogen and oxygen atoms in total. The van der Waals surface area contributed by atoms with Gasteiger partial charge in [-0.2, -0.15) is 0 Å². The fourth-order valence-electron chi connectivity index (χ4n) is 1.45. The highest BCUT2D eigenvalue weighted by atomic mass is 79.9. The van der Waals surface area contributed by atoms with Gasteiger partial charge in [0, 0.05) is 10.2 Å². The molecule has 0 heterocycles. The summed E-state index contributed by atoms with van der Waals surface area (Å²) in [6, 6.07) is 3.20. The van der Waals surface area contributed by atoms with E-state index < -0.39 is 30.4 Å². The van der Waals surface area contributed by atoms with Crippen LogP contribution in [0.15, 0.2) is 22.7 Å². The first-order valence-electron chi connectivity index (χ1n) is 5.64.